The molecule has 2 fully saturated rings. The summed E-state index contributed by atoms with van der Waals surface area (Å²) in [6.07, 6.45) is 6.75. The Bertz CT molecular complexity index is 560. The molecule has 2 aliphatic carbocycles. The molecule has 0 aromatic carbocycles. The van der Waals surface area contributed by atoms with E-state index in [2.05, 4.69) is 24.5 Å². The smallest absolute Gasteiger partial charge is 0.263 e. The quantitative estimate of drug-likeness (QED) is 0.700. The van der Waals surface area contributed by atoms with Crippen LogP contribution in [0.5, 0.6) is 0 Å². The number of amides is 1. The molecule has 0 unspecified atom stereocenters. The van der Waals surface area contributed by atoms with Crippen molar-refractivity contribution >= 4 is 39.7 Å². The van der Waals surface area contributed by atoms with E-state index in [-0.39, 0.29) is 11.4 Å². The number of thioether (sulfide) groups is 1. The molecular formula is C15H23N3OS2. The lowest BCUT2D eigenvalue weighted by atomic mass is 9.99. The highest BCUT2D eigenvalue weighted by molar-refractivity contribution is 7.99. The molecule has 1 aromatic heterocycles. The zero-order chi connectivity index (χ0) is 15.2. The second-order valence-corrected chi connectivity index (χ2v) is 8.41. The molecule has 21 heavy (non-hydrogen) atoms. The molecule has 2 saturated carbocycles. The van der Waals surface area contributed by atoms with Gasteiger partial charge in [0.15, 0.2) is 0 Å². The van der Waals surface area contributed by atoms with E-state index < -0.39 is 0 Å². The molecule has 0 bridgehead atoms. The average molecular weight is 326 g/mol. The lowest BCUT2D eigenvalue weighted by molar-refractivity contribution is 0.0956. The number of nitrogens with one attached hydrogen (secondary N) is 2. The van der Waals surface area contributed by atoms with Gasteiger partial charge in [0.2, 0.25) is 0 Å². The minimum Gasteiger partial charge on any atom is -0.396 e. The third-order valence-corrected chi connectivity index (χ3v) is 6.34. The lowest BCUT2D eigenvalue weighted by Crippen LogP contribution is -2.33. The SMILES string of the molecule is CSc1c(NC(C)(C)C2CC2)sc(C(=O)NC2CC2)c1N. The van der Waals surface area contributed by atoms with Gasteiger partial charge in [0.25, 0.3) is 5.91 Å². The van der Waals surface area contributed by atoms with Crippen molar-refractivity contribution in [1.29, 1.82) is 0 Å². The van der Waals surface area contributed by atoms with E-state index in [4.69, 9.17) is 5.73 Å². The van der Waals surface area contributed by atoms with Crippen LogP contribution in [-0.4, -0.2) is 23.7 Å². The van der Waals surface area contributed by atoms with Crippen LogP contribution in [0.25, 0.3) is 0 Å². The summed E-state index contributed by atoms with van der Waals surface area (Å²) >= 11 is 3.10. The number of hydrogen-bond donors (Lipinski definition) is 3. The van der Waals surface area contributed by atoms with Crippen LogP contribution >= 0.6 is 23.1 Å². The summed E-state index contributed by atoms with van der Waals surface area (Å²) in [5, 5.41) is 7.69. The molecule has 6 heteroatoms. The van der Waals surface area contributed by atoms with E-state index in [1.54, 1.807) is 11.8 Å². The van der Waals surface area contributed by atoms with Gasteiger partial charge in [-0.05, 0) is 51.7 Å². The number of rotatable bonds is 6. The normalized spacial score (nSPS) is 18.6. The molecule has 116 valence electrons. The van der Waals surface area contributed by atoms with Gasteiger partial charge in [0.1, 0.15) is 9.88 Å². The average Bonchev–Trinajstić information content (AvgIpc) is 3.28. The fraction of sp³-hybridized carbons (Fsp3) is 0.667. The zero-order valence-electron chi connectivity index (χ0n) is 12.8. The third kappa shape index (κ3) is 3.16. The van der Waals surface area contributed by atoms with Crippen LogP contribution in [-0.2, 0) is 0 Å². The second kappa shape index (κ2) is 5.39. The Morgan fingerprint density at radius 3 is 2.52 bits per heavy atom. The van der Waals surface area contributed by atoms with Crippen molar-refractivity contribution in [3.63, 3.8) is 0 Å². The summed E-state index contributed by atoms with van der Waals surface area (Å²) in [6.45, 7) is 4.46. The van der Waals surface area contributed by atoms with Crippen molar-refractivity contribution in [3.05, 3.63) is 4.88 Å². The van der Waals surface area contributed by atoms with Crippen LogP contribution in [0.15, 0.2) is 4.90 Å². The summed E-state index contributed by atoms with van der Waals surface area (Å²) in [7, 11) is 0. The van der Waals surface area contributed by atoms with Gasteiger partial charge in [-0.15, -0.1) is 23.1 Å². The van der Waals surface area contributed by atoms with E-state index in [0.29, 0.717) is 16.6 Å². The fourth-order valence-corrected chi connectivity index (χ4v) is 4.64. The van der Waals surface area contributed by atoms with Crippen LogP contribution in [0.4, 0.5) is 10.7 Å². The largest absolute Gasteiger partial charge is 0.396 e. The van der Waals surface area contributed by atoms with Gasteiger partial charge in [-0.25, -0.2) is 0 Å². The lowest BCUT2D eigenvalue weighted by Gasteiger charge is -2.27. The van der Waals surface area contributed by atoms with Gasteiger partial charge in [-0.2, -0.15) is 0 Å². The molecule has 0 aliphatic heterocycles. The van der Waals surface area contributed by atoms with Gasteiger partial charge in [-0.1, -0.05) is 0 Å². The number of anilines is 2. The Balaban J connectivity index is 1.83. The highest BCUT2D eigenvalue weighted by Crippen LogP contribution is 2.47. The van der Waals surface area contributed by atoms with E-state index in [9.17, 15) is 4.79 Å². The Kier molecular flexibility index (Phi) is 3.86. The first-order chi connectivity index (χ1) is 9.92. The van der Waals surface area contributed by atoms with E-state index in [0.717, 1.165) is 28.7 Å². The van der Waals surface area contributed by atoms with Crippen LogP contribution < -0.4 is 16.4 Å². The first-order valence-electron chi connectivity index (χ1n) is 7.47. The highest BCUT2D eigenvalue weighted by atomic mass is 32.2. The van der Waals surface area contributed by atoms with Gasteiger partial charge in [0, 0.05) is 11.6 Å². The van der Waals surface area contributed by atoms with E-state index in [1.807, 2.05) is 6.26 Å². The summed E-state index contributed by atoms with van der Waals surface area (Å²) in [5.74, 6) is 0.701. The Hall–Kier alpha value is -0.880. The molecule has 2 aliphatic rings. The molecule has 0 radical (unpaired) electrons. The first-order valence-corrected chi connectivity index (χ1v) is 9.52. The second-order valence-electron chi connectivity index (χ2n) is 6.58. The standard InChI is InChI=1S/C15H23N3OS2/c1-15(2,8-4-5-8)18-14-12(20-3)10(16)11(21-14)13(19)17-9-6-7-9/h8-9,18H,4-7,16H2,1-3H3,(H,17,19). The monoisotopic (exact) mass is 325 g/mol. The molecule has 0 spiro atoms. The Labute approximate surface area is 134 Å². The molecular weight excluding hydrogens is 302 g/mol. The van der Waals surface area contributed by atoms with Crippen molar-refractivity contribution < 1.29 is 4.79 Å². The number of carbonyl (C=O) groups is 1. The molecule has 0 atom stereocenters. The minimum atomic E-state index is -0.0208. The van der Waals surface area contributed by atoms with Crippen LogP contribution in [0.2, 0.25) is 0 Å². The number of nitrogens with two attached hydrogens (primary N) is 1. The Morgan fingerprint density at radius 2 is 2.00 bits per heavy atom. The summed E-state index contributed by atoms with van der Waals surface area (Å²) in [6, 6.07) is 0.357. The van der Waals surface area contributed by atoms with Crippen molar-refractivity contribution in [1.82, 2.24) is 5.32 Å². The fourth-order valence-electron chi connectivity index (χ4n) is 2.56. The van der Waals surface area contributed by atoms with E-state index in [1.165, 1.54) is 24.2 Å². The maximum absolute atomic E-state index is 12.3. The first kappa shape index (κ1) is 15.0. The molecule has 4 N–H and O–H groups in total. The maximum atomic E-state index is 12.3. The number of nitrogen functional groups attached to an aromatic ring is 1. The Morgan fingerprint density at radius 1 is 1.33 bits per heavy atom. The van der Waals surface area contributed by atoms with Gasteiger partial charge in [-0.3, -0.25) is 4.79 Å². The van der Waals surface area contributed by atoms with Crippen LogP contribution in [0.3, 0.4) is 0 Å². The summed E-state index contributed by atoms with van der Waals surface area (Å²) < 4.78 is 0. The third-order valence-electron chi connectivity index (χ3n) is 4.26. The number of hydrogen-bond acceptors (Lipinski definition) is 5. The molecule has 1 amide bonds. The minimum absolute atomic E-state index is 0.0208. The topological polar surface area (TPSA) is 67.2 Å². The van der Waals surface area contributed by atoms with Crippen LogP contribution in [0.1, 0.15) is 49.2 Å². The predicted molar refractivity (Wildman–Crippen MR) is 91.4 cm³/mol. The van der Waals surface area contributed by atoms with Crippen LogP contribution in [0, 0.1) is 5.92 Å². The molecule has 1 aromatic rings. The van der Waals surface area contributed by atoms with Gasteiger partial charge in [0.05, 0.1) is 10.6 Å². The number of carbonyl (C=O) groups excluding carboxylic acids is 1. The summed E-state index contributed by atoms with van der Waals surface area (Å²) in [4.78, 5) is 14.0. The van der Waals surface area contributed by atoms with Crippen molar-refractivity contribution in [2.24, 2.45) is 5.92 Å². The molecule has 1 heterocycles. The number of thiophene rings is 1. The molecule has 3 rings (SSSR count). The van der Waals surface area contributed by atoms with E-state index >= 15 is 0 Å². The highest BCUT2D eigenvalue weighted by Gasteiger charge is 2.39. The molecule has 0 saturated heterocycles. The summed E-state index contributed by atoms with van der Waals surface area (Å²) in [5.41, 5.74) is 6.90. The maximum Gasteiger partial charge on any atom is 0.263 e. The van der Waals surface area contributed by atoms with Crippen molar-refractivity contribution in [2.45, 2.75) is 56.0 Å². The molecule has 4 nitrogen and oxygen atoms in total. The van der Waals surface area contributed by atoms with Crippen molar-refractivity contribution in [3.8, 4) is 0 Å². The van der Waals surface area contributed by atoms with Gasteiger partial charge >= 0.3 is 0 Å². The predicted octanol–water partition coefficient (Wildman–Crippen LogP) is 3.54. The zero-order valence-corrected chi connectivity index (χ0v) is 14.4. The van der Waals surface area contributed by atoms with Gasteiger partial charge < -0.3 is 16.4 Å². The van der Waals surface area contributed by atoms with Crippen molar-refractivity contribution in [2.75, 3.05) is 17.3 Å².